The number of nitrogens with zero attached hydrogens (tertiary/aromatic N) is 2. The lowest BCUT2D eigenvalue weighted by molar-refractivity contribution is -0.384. The third-order valence-electron chi connectivity index (χ3n) is 2.37. The van der Waals surface area contributed by atoms with E-state index in [0.29, 0.717) is 6.54 Å². The highest BCUT2D eigenvalue weighted by molar-refractivity contribution is 9.10. The maximum absolute atomic E-state index is 10.5. The van der Waals surface area contributed by atoms with Crippen LogP contribution in [-0.2, 0) is 6.54 Å². The lowest BCUT2D eigenvalue weighted by atomic mass is 10.2. The van der Waals surface area contributed by atoms with Crippen molar-refractivity contribution in [1.82, 2.24) is 4.98 Å². The van der Waals surface area contributed by atoms with Crippen molar-refractivity contribution in [3.63, 3.8) is 0 Å². The molecule has 0 aliphatic carbocycles. The van der Waals surface area contributed by atoms with Crippen LogP contribution >= 0.6 is 15.9 Å². The van der Waals surface area contributed by atoms with Crippen molar-refractivity contribution >= 4 is 27.4 Å². The standard InChI is InChI=1S/C12H10BrN3O2/c13-11-2-1-7-14-12(11)15-8-9-3-5-10(6-4-9)16(17)18/h1-7H,8H2,(H,14,15). The van der Waals surface area contributed by atoms with Gasteiger partial charge in [0.25, 0.3) is 5.69 Å². The highest BCUT2D eigenvalue weighted by Gasteiger charge is 2.04. The molecule has 1 N–H and O–H groups in total. The third kappa shape index (κ3) is 3.04. The molecular formula is C12H10BrN3O2. The van der Waals surface area contributed by atoms with Crippen molar-refractivity contribution in [1.29, 1.82) is 0 Å². The van der Waals surface area contributed by atoms with E-state index in [1.165, 1.54) is 12.1 Å². The summed E-state index contributed by atoms with van der Waals surface area (Å²) in [6.07, 6.45) is 1.70. The van der Waals surface area contributed by atoms with Crippen LogP contribution < -0.4 is 5.32 Å². The zero-order valence-corrected chi connectivity index (χ0v) is 10.9. The Kier molecular flexibility index (Phi) is 3.88. The molecule has 1 heterocycles. The van der Waals surface area contributed by atoms with Crippen molar-refractivity contribution in [2.24, 2.45) is 0 Å². The van der Waals surface area contributed by atoms with E-state index in [1.54, 1.807) is 18.3 Å². The van der Waals surface area contributed by atoms with Gasteiger partial charge in [0, 0.05) is 24.9 Å². The number of nitro benzene ring substituents is 1. The number of hydrogen-bond acceptors (Lipinski definition) is 4. The van der Waals surface area contributed by atoms with Gasteiger partial charge in [-0.05, 0) is 33.6 Å². The molecule has 0 saturated heterocycles. The van der Waals surface area contributed by atoms with Gasteiger partial charge >= 0.3 is 0 Å². The molecular weight excluding hydrogens is 298 g/mol. The molecule has 5 nitrogen and oxygen atoms in total. The van der Waals surface area contributed by atoms with Gasteiger partial charge in [0.2, 0.25) is 0 Å². The number of benzene rings is 1. The number of non-ortho nitro benzene ring substituents is 1. The van der Waals surface area contributed by atoms with E-state index < -0.39 is 4.92 Å². The summed E-state index contributed by atoms with van der Waals surface area (Å²) in [5, 5.41) is 13.7. The second-order valence-electron chi connectivity index (χ2n) is 3.61. The van der Waals surface area contributed by atoms with Gasteiger partial charge in [-0.1, -0.05) is 12.1 Å². The van der Waals surface area contributed by atoms with Crippen LogP contribution in [0.15, 0.2) is 47.1 Å². The fourth-order valence-corrected chi connectivity index (χ4v) is 1.83. The molecule has 1 aromatic heterocycles. The topological polar surface area (TPSA) is 68.1 Å². The van der Waals surface area contributed by atoms with Gasteiger partial charge in [-0.15, -0.1) is 0 Å². The Labute approximate surface area is 112 Å². The van der Waals surface area contributed by atoms with Crippen molar-refractivity contribution in [2.75, 3.05) is 5.32 Å². The maximum atomic E-state index is 10.5. The zero-order valence-electron chi connectivity index (χ0n) is 9.34. The van der Waals surface area contributed by atoms with Crippen molar-refractivity contribution in [3.05, 3.63) is 62.7 Å². The molecule has 1 aromatic carbocycles. The quantitative estimate of drug-likeness (QED) is 0.694. The van der Waals surface area contributed by atoms with E-state index in [0.717, 1.165) is 15.9 Å². The Balaban J connectivity index is 2.02. The van der Waals surface area contributed by atoms with Crippen LogP contribution in [0.4, 0.5) is 11.5 Å². The number of pyridine rings is 1. The van der Waals surface area contributed by atoms with Crippen molar-refractivity contribution < 1.29 is 4.92 Å². The molecule has 0 atom stereocenters. The smallest absolute Gasteiger partial charge is 0.269 e. The van der Waals surface area contributed by atoms with E-state index in [2.05, 4.69) is 26.2 Å². The molecule has 0 aliphatic rings. The Bertz CT molecular complexity index is 558. The maximum Gasteiger partial charge on any atom is 0.269 e. The van der Waals surface area contributed by atoms with E-state index in [9.17, 15) is 10.1 Å². The van der Waals surface area contributed by atoms with Crippen LogP contribution in [0.25, 0.3) is 0 Å². The van der Waals surface area contributed by atoms with Crippen LogP contribution in [0.5, 0.6) is 0 Å². The molecule has 6 heteroatoms. The van der Waals surface area contributed by atoms with Crippen LogP contribution in [-0.4, -0.2) is 9.91 Å². The lowest BCUT2D eigenvalue weighted by Crippen LogP contribution is -2.01. The number of aromatic nitrogens is 1. The second-order valence-corrected chi connectivity index (χ2v) is 4.47. The number of nitrogens with one attached hydrogen (secondary N) is 1. The fourth-order valence-electron chi connectivity index (χ4n) is 1.44. The second kappa shape index (κ2) is 5.59. The predicted octanol–water partition coefficient (Wildman–Crippen LogP) is 3.36. The first kappa shape index (κ1) is 12.5. The first-order valence-electron chi connectivity index (χ1n) is 5.24. The molecule has 92 valence electrons. The summed E-state index contributed by atoms with van der Waals surface area (Å²) in [6.45, 7) is 0.563. The minimum Gasteiger partial charge on any atom is -0.365 e. The summed E-state index contributed by atoms with van der Waals surface area (Å²) in [7, 11) is 0. The summed E-state index contributed by atoms with van der Waals surface area (Å²) in [6, 6.07) is 10.2. The third-order valence-corrected chi connectivity index (χ3v) is 3.01. The van der Waals surface area contributed by atoms with E-state index in [4.69, 9.17) is 0 Å². The molecule has 18 heavy (non-hydrogen) atoms. The van der Waals surface area contributed by atoms with Gasteiger partial charge in [0.15, 0.2) is 0 Å². The monoisotopic (exact) mass is 307 g/mol. The van der Waals surface area contributed by atoms with Crippen LogP contribution in [0, 0.1) is 10.1 Å². The molecule has 0 radical (unpaired) electrons. The molecule has 0 amide bonds. The van der Waals surface area contributed by atoms with Gasteiger partial charge in [0.05, 0.1) is 9.40 Å². The zero-order chi connectivity index (χ0) is 13.0. The van der Waals surface area contributed by atoms with Gasteiger partial charge in [-0.25, -0.2) is 4.98 Å². The van der Waals surface area contributed by atoms with Crippen LogP contribution in [0.1, 0.15) is 5.56 Å². The molecule has 0 aliphatic heterocycles. The Morgan fingerprint density at radius 1 is 1.28 bits per heavy atom. The lowest BCUT2D eigenvalue weighted by Gasteiger charge is -2.06. The summed E-state index contributed by atoms with van der Waals surface area (Å²) in [5.41, 5.74) is 1.05. The first-order valence-corrected chi connectivity index (χ1v) is 6.04. The number of halogens is 1. The molecule has 0 bridgehead atoms. The SMILES string of the molecule is O=[N+]([O-])c1ccc(CNc2ncccc2Br)cc1. The van der Waals surface area contributed by atoms with Crippen LogP contribution in [0.3, 0.4) is 0 Å². The predicted molar refractivity (Wildman–Crippen MR) is 72.4 cm³/mol. The summed E-state index contributed by atoms with van der Waals surface area (Å²) in [5.74, 6) is 0.746. The van der Waals surface area contributed by atoms with Gasteiger partial charge < -0.3 is 5.32 Å². The Hall–Kier alpha value is -1.95. The molecule has 0 spiro atoms. The van der Waals surface area contributed by atoms with Crippen LogP contribution in [0.2, 0.25) is 0 Å². The minimum absolute atomic E-state index is 0.0952. The minimum atomic E-state index is -0.410. The van der Waals surface area contributed by atoms with Gasteiger partial charge in [0.1, 0.15) is 5.82 Å². The first-order chi connectivity index (χ1) is 8.66. The average Bonchev–Trinajstić information content (AvgIpc) is 2.38. The van der Waals surface area contributed by atoms with E-state index in [-0.39, 0.29) is 5.69 Å². The molecule has 0 unspecified atom stereocenters. The van der Waals surface area contributed by atoms with Crippen molar-refractivity contribution in [2.45, 2.75) is 6.54 Å². The highest BCUT2D eigenvalue weighted by atomic mass is 79.9. The summed E-state index contributed by atoms with van der Waals surface area (Å²) in [4.78, 5) is 14.3. The molecule has 2 aromatic rings. The molecule has 2 rings (SSSR count). The van der Waals surface area contributed by atoms with Gasteiger partial charge in [-0.3, -0.25) is 10.1 Å². The Morgan fingerprint density at radius 2 is 2.00 bits per heavy atom. The fraction of sp³-hybridized carbons (Fsp3) is 0.0833. The van der Waals surface area contributed by atoms with Crippen molar-refractivity contribution in [3.8, 4) is 0 Å². The van der Waals surface area contributed by atoms with Gasteiger partial charge in [-0.2, -0.15) is 0 Å². The Morgan fingerprint density at radius 3 is 2.61 bits per heavy atom. The molecule has 0 fully saturated rings. The number of hydrogen-bond donors (Lipinski definition) is 1. The highest BCUT2D eigenvalue weighted by Crippen LogP contribution is 2.19. The molecule has 0 saturated carbocycles. The summed E-state index contributed by atoms with van der Waals surface area (Å²) < 4.78 is 0.881. The number of anilines is 1. The normalized spacial score (nSPS) is 10.1. The van der Waals surface area contributed by atoms with E-state index >= 15 is 0 Å². The number of rotatable bonds is 4. The average molecular weight is 308 g/mol. The largest absolute Gasteiger partial charge is 0.365 e. The van der Waals surface area contributed by atoms with E-state index in [1.807, 2.05) is 12.1 Å². The number of nitro groups is 1. The summed E-state index contributed by atoms with van der Waals surface area (Å²) >= 11 is 3.39.